The Morgan fingerprint density at radius 2 is 1.85 bits per heavy atom. The van der Waals surface area contributed by atoms with Gasteiger partial charge in [0.1, 0.15) is 0 Å². The number of benzene rings is 1. The van der Waals surface area contributed by atoms with Gasteiger partial charge in [0.05, 0.1) is 30.8 Å². The lowest BCUT2D eigenvalue weighted by molar-refractivity contribution is 0.109. The summed E-state index contributed by atoms with van der Waals surface area (Å²) < 4.78 is 38.7. The van der Waals surface area contributed by atoms with Gasteiger partial charge >= 0.3 is 0 Å². The molecule has 2 aromatic rings. The fourth-order valence-corrected chi connectivity index (χ4v) is 4.87. The van der Waals surface area contributed by atoms with Crippen LogP contribution in [-0.4, -0.2) is 67.9 Å². The molecular formula is C18H24N4O4S. The fraction of sp³-hybridized carbons (Fsp3) is 0.556. The Hall–Kier alpha value is -1.97. The van der Waals surface area contributed by atoms with Crippen LogP contribution in [0.5, 0.6) is 0 Å². The molecule has 0 saturated carbocycles. The van der Waals surface area contributed by atoms with Gasteiger partial charge in [0.25, 0.3) is 5.16 Å². The fourth-order valence-electron chi connectivity index (χ4n) is 3.48. The number of hydrogen-bond acceptors (Lipinski definition) is 7. The zero-order valence-electron chi connectivity index (χ0n) is 15.2. The van der Waals surface area contributed by atoms with Crippen molar-refractivity contribution in [2.24, 2.45) is 0 Å². The van der Waals surface area contributed by atoms with Crippen LogP contribution in [-0.2, 0) is 19.3 Å². The summed E-state index contributed by atoms with van der Waals surface area (Å²) in [6, 6.07) is 9.38. The van der Waals surface area contributed by atoms with Gasteiger partial charge in [-0.05, 0) is 31.4 Å². The molecule has 0 bridgehead atoms. The number of ether oxygens (including phenoxy) is 2. The highest BCUT2D eigenvalue weighted by Crippen LogP contribution is 2.25. The third-order valence-electron chi connectivity index (χ3n) is 4.94. The van der Waals surface area contributed by atoms with Gasteiger partial charge in [-0.15, -0.1) is 10.2 Å². The second-order valence-electron chi connectivity index (χ2n) is 6.80. The van der Waals surface area contributed by atoms with Crippen LogP contribution >= 0.6 is 0 Å². The molecule has 9 heteroatoms. The summed E-state index contributed by atoms with van der Waals surface area (Å²) in [5.41, 5.74) is 0.736. The second kappa shape index (κ2) is 7.95. The highest BCUT2D eigenvalue weighted by molar-refractivity contribution is 7.91. The topological polar surface area (TPSA) is 86.6 Å². The van der Waals surface area contributed by atoms with Gasteiger partial charge in [-0.25, -0.2) is 8.42 Å². The molecule has 0 amide bonds. The molecule has 3 heterocycles. The Bertz CT molecular complexity index is 857. The lowest BCUT2D eigenvalue weighted by atomic mass is 10.2. The molecule has 0 aliphatic carbocycles. The number of anilines is 1. The Kier molecular flexibility index (Phi) is 5.42. The summed E-state index contributed by atoms with van der Waals surface area (Å²) in [5, 5.41) is 8.32. The summed E-state index contributed by atoms with van der Waals surface area (Å²) in [7, 11) is -3.59. The maximum absolute atomic E-state index is 13.1. The molecule has 2 aliphatic rings. The molecule has 8 nitrogen and oxygen atoms in total. The van der Waals surface area contributed by atoms with E-state index in [0.717, 1.165) is 18.5 Å². The molecular weight excluding hydrogens is 368 g/mol. The van der Waals surface area contributed by atoms with E-state index in [4.69, 9.17) is 9.47 Å². The third kappa shape index (κ3) is 3.99. The number of rotatable bonds is 6. The van der Waals surface area contributed by atoms with Gasteiger partial charge < -0.3 is 14.4 Å². The van der Waals surface area contributed by atoms with Crippen molar-refractivity contribution in [3.63, 3.8) is 0 Å². The second-order valence-corrected chi connectivity index (χ2v) is 8.80. The number of hydrogen-bond donors (Lipinski definition) is 0. The van der Waals surface area contributed by atoms with Crippen molar-refractivity contribution in [2.45, 2.75) is 30.5 Å². The quantitative estimate of drug-likeness (QED) is 0.735. The first-order valence-corrected chi connectivity index (χ1v) is 11.0. The average Bonchev–Trinajstić information content (AvgIpc) is 3.38. The summed E-state index contributed by atoms with van der Waals surface area (Å²) >= 11 is 0. The summed E-state index contributed by atoms with van der Waals surface area (Å²) in [4.78, 5) is 2.02. The van der Waals surface area contributed by atoms with E-state index in [1.165, 1.54) is 0 Å². The van der Waals surface area contributed by atoms with E-state index in [-0.39, 0.29) is 17.0 Å². The molecule has 1 atom stereocenters. The van der Waals surface area contributed by atoms with E-state index in [1.807, 2.05) is 35.2 Å². The van der Waals surface area contributed by atoms with Crippen molar-refractivity contribution in [1.29, 1.82) is 0 Å². The van der Waals surface area contributed by atoms with Crippen molar-refractivity contribution >= 4 is 15.8 Å². The van der Waals surface area contributed by atoms with E-state index in [2.05, 4.69) is 10.2 Å². The van der Waals surface area contributed by atoms with Crippen LogP contribution < -0.4 is 4.90 Å². The van der Waals surface area contributed by atoms with Crippen molar-refractivity contribution in [2.75, 3.05) is 43.6 Å². The molecule has 2 aliphatic heterocycles. The standard InChI is InChI=1S/C18H24N4O4S/c23-27(24,14-8-16-7-4-11-26-16)18-20-19-17(21-9-12-25-13-10-21)22(18)15-5-2-1-3-6-15/h1-3,5-6,16H,4,7-14H2. The molecule has 2 fully saturated rings. The molecule has 1 unspecified atom stereocenters. The molecule has 0 radical (unpaired) electrons. The smallest absolute Gasteiger partial charge is 0.255 e. The van der Waals surface area contributed by atoms with Gasteiger partial charge in [0, 0.05) is 19.7 Å². The minimum Gasteiger partial charge on any atom is -0.378 e. The van der Waals surface area contributed by atoms with Crippen LogP contribution in [0.2, 0.25) is 0 Å². The third-order valence-corrected chi connectivity index (χ3v) is 6.53. The van der Waals surface area contributed by atoms with Crippen molar-refractivity contribution in [1.82, 2.24) is 14.8 Å². The number of para-hydroxylation sites is 1. The van der Waals surface area contributed by atoms with Crippen molar-refractivity contribution in [3.8, 4) is 5.69 Å². The van der Waals surface area contributed by atoms with Crippen LogP contribution in [0, 0.1) is 0 Å². The summed E-state index contributed by atoms with van der Waals surface area (Å²) in [6.07, 6.45) is 2.41. The minimum atomic E-state index is -3.59. The van der Waals surface area contributed by atoms with E-state index < -0.39 is 9.84 Å². The predicted octanol–water partition coefficient (Wildman–Crippen LogP) is 1.45. The number of sulfone groups is 1. The monoisotopic (exact) mass is 392 g/mol. The largest absolute Gasteiger partial charge is 0.378 e. The van der Waals surface area contributed by atoms with E-state index in [9.17, 15) is 8.42 Å². The summed E-state index contributed by atoms with van der Waals surface area (Å²) in [5.74, 6) is 0.548. The van der Waals surface area contributed by atoms with E-state index >= 15 is 0 Å². The number of nitrogens with zero attached hydrogens (tertiary/aromatic N) is 4. The first-order valence-electron chi connectivity index (χ1n) is 9.33. The van der Waals surface area contributed by atoms with Crippen molar-refractivity contribution in [3.05, 3.63) is 30.3 Å². The van der Waals surface area contributed by atoms with Crippen LogP contribution in [0.1, 0.15) is 19.3 Å². The van der Waals surface area contributed by atoms with Gasteiger partial charge in [0.2, 0.25) is 15.8 Å². The molecule has 4 rings (SSSR count). The summed E-state index contributed by atoms with van der Waals surface area (Å²) in [6.45, 7) is 3.19. The van der Waals surface area contributed by atoms with Gasteiger partial charge in [-0.1, -0.05) is 18.2 Å². The highest BCUT2D eigenvalue weighted by atomic mass is 32.2. The minimum absolute atomic E-state index is 0.00570. The lowest BCUT2D eigenvalue weighted by Crippen LogP contribution is -2.38. The van der Waals surface area contributed by atoms with Crippen LogP contribution in [0.4, 0.5) is 5.95 Å². The molecule has 27 heavy (non-hydrogen) atoms. The molecule has 2 saturated heterocycles. The number of aromatic nitrogens is 3. The molecule has 146 valence electrons. The van der Waals surface area contributed by atoms with Crippen LogP contribution in [0.25, 0.3) is 5.69 Å². The zero-order chi connectivity index (χ0) is 18.7. The SMILES string of the molecule is O=S(=O)(CCC1CCCO1)c1nnc(N2CCOCC2)n1-c1ccccc1. The Labute approximate surface area is 159 Å². The van der Waals surface area contributed by atoms with Gasteiger partial charge in [0.15, 0.2) is 0 Å². The molecule has 1 aromatic carbocycles. The molecule has 0 spiro atoms. The first-order chi connectivity index (χ1) is 13.1. The van der Waals surface area contributed by atoms with Crippen LogP contribution in [0.15, 0.2) is 35.5 Å². The van der Waals surface area contributed by atoms with E-state index in [1.54, 1.807) is 4.57 Å². The van der Waals surface area contributed by atoms with Crippen LogP contribution in [0.3, 0.4) is 0 Å². The lowest BCUT2D eigenvalue weighted by Gasteiger charge is -2.27. The normalized spacial score (nSPS) is 20.9. The Balaban J connectivity index is 1.68. The van der Waals surface area contributed by atoms with Gasteiger partial charge in [-0.2, -0.15) is 0 Å². The first kappa shape index (κ1) is 18.4. The van der Waals surface area contributed by atoms with Crippen molar-refractivity contribution < 1.29 is 17.9 Å². The predicted molar refractivity (Wildman–Crippen MR) is 100 cm³/mol. The van der Waals surface area contributed by atoms with E-state index in [0.29, 0.717) is 45.3 Å². The zero-order valence-corrected chi connectivity index (χ0v) is 16.0. The Morgan fingerprint density at radius 1 is 1.07 bits per heavy atom. The Morgan fingerprint density at radius 3 is 2.56 bits per heavy atom. The maximum Gasteiger partial charge on any atom is 0.255 e. The van der Waals surface area contributed by atoms with Gasteiger partial charge in [-0.3, -0.25) is 4.57 Å². The highest BCUT2D eigenvalue weighted by Gasteiger charge is 2.30. The molecule has 0 N–H and O–H groups in total. The maximum atomic E-state index is 13.1. The average molecular weight is 392 g/mol. The number of morpholine rings is 1. The molecule has 1 aromatic heterocycles.